The van der Waals surface area contributed by atoms with Crippen LogP contribution < -0.4 is 5.32 Å². The maximum absolute atomic E-state index is 11.9. The van der Waals surface area contributed by atoms with Gasteiger partial charge in [-0.2, -0.15) is 10.1 Å². The van der Waals surface area contributed by atoms with Crippen molar-refractivity contribution in [2.45, 2.75) is 6.42 Å². The Morgan fingerprint density at radius 3 is 2.90 bits per heavy atom. The summed E-state index contributed by atoms with van der Waals surface area (Å²) in [7, 11) is 0. The monoisotopic (exact) mass is 285 g/mol. The molecule has 0 saturated carbocycles. The summed E-state index contributed by atoms with van der Waals surface area (Å²) in [5, 5.41) is 11.5. The van der Waals surface area contributed by atoms with Gasteiger partial charge in [0.15, 0.2) is 0 Å². The first-order valence-electron chi connectivity index (χ1n) is 5.96. The molecule has 2 aromatic heterocycles. The lowest BCUT2D eigenvalue weighted by molar-refractivity contribution is 0.102. The third-order valence-electron chi connectivity index (χ3n) is 2.63. The molecule has 100 valence electrons. The van der Waals surface area contributed by atoms with E-state index in [1.165, 1.54) is 23.2 Å². The molecular formula is C13H11N5OS. The molecule has 0 aliphatic carbocycles. The molecule has 0 atom stereocenters. The van der Waals surface area contributed by atoms with Gasteiger partial charge in [0.2, 0.25) is 5.95 Å². The Balaban J connectivity index is 1.69. The van der Waals surface area contributed by atoms with Crippen molar-refractivity contribution in [2.24, 2.45) is 0 Å². The van der Waals surface area contributed by atoms with Crippen LogP contribution in [0.5, 0.6) is 0 Å². The van der Waals surface area contributed by atoms with Gasteiger partial charge in [-0.1, -0.05) is 30.3 Å². The average Bonchev–Trinajstić information content (AvgIpc) is 3.11. The summed E-state index contributed by atoms with van der Waals surface area (Å²) in [6.07, 6.45) is 2.05. The van der Waals surface area contributed by atoms with Crippen LogP contribution in [0.3, 0.4) is 0 Å². The highest BCUT2D eigenvalue weighted by atomic mass is 32.1. The first-order valence-corrected chi connectivity index (χ1v) is 6.84. The molecule has 1 aromatic carbocycles. The highest BCUT2D eigenvalue weighted by molar-refractivity contribution is 7.09. The van der Waals surface area contributed by atoms with Gasteiger partial charge >= 0.3 is 0 Å². The Hall–Kier alpha value is -2.54. The molecule has 20 heavy (non-hydrogen) atoms. The van der Waals surface area contributed by atoms with Crippen LogP contribution in [0.25, 0.3) is 0 Å². The maximum Gasteiger partial charge on any atom is 0.277 e. The van der Waals surface area contributed by atoms with Gasteiger partial charge in [0, 0.05) is 11.8 Å². The molecule has 1 amide bonds. The van der Waals surface area contributed by atoms with Crippen molar-refractivity contribution in [2.75, 3.05) is 5.32 Å². The zero-order valence-electron chi connectivity index (χ0n) is 10.4. The molecule has 2 heterocycles. The van der Waals surface area contributed by atoms with Crippen LogP contribution in [0.1, 0.15) is 21.1 Å². The molecule has 3 rings (SSSR count). The molecule has 0 unspecified atom stereocenters. The van der Waals surface area contributed by atoms with E-state index >= 15 is 0 Å². The smallest absolute Gasteiger partial charge is 0.277 e. The first-order chi connectivity index (χ1) is 9.81. The summed E-state index contributed by atoms with van der Waals surface area (Å²) in [5.74, 6) is 0.0184. The number of nitrogens with zero attached hydrogens (tertiary/aromatic N) is 3. The van der Waals surface area contributed by atoms with Crippen molar-refractivity contribution in [3.8, 4) is 0 Å². The van der Waals surface area contributed by atoms with E-state index in [9.17, 15) is 4.79 Å². The summed E-state index contributed by atoms with van der Waals surface area (Å²) in [6, 6.07) is 10.0. The molecule has 0 aliphatic heterocycles. The maximum atomic E-state index is 11.9. The number of aromatic nitrogens is 4. The standard InChI is InChI=1S/C13H11N5OS/c19-12(17-13-14-8-15-18-13)10-7-20-11(16-10)6-9-4-2-1-3-5-9/h1-5,7-8H,6H2,(H2,14,15,17,18,19). The Labute approximate surface area is 118 Å². The van der Waals surface area contributed by atoms with Crippen LogP contribution in [-0.2, 0) is 6.42 Å². The lowest BCUT2D eigenvalue weighted by Gasteiger charge is -1.98. The number of anilines is 1. The normalized spacial score (nSPS) is 10.4. The van der Waals surface area contributed by atoms with Crippen LogP contribution in [-0.4, -0.2) is 26.1 Å². The van der Waals surface area contributed by atoms with Gasteiger partial charge in [-0.05, 0) is 5.56 Å². The summed E-state index contributed by atoms with van der Waals surface area (Å²) >= 11 is 1.47. The minimum Gasteiger partial charge on any atom is -0.289 e. The molecule has 0 saturated heterocycles. The summed E-state index contributed by atoms with van der Waals surface area (Å²) in [6.45, 7) is 0. The lowest BCUT2D eigenvalue weighted by atomic mass is 10.2. The van der Waals surface area contributed by atoms with E-state index in [1.807, 2.05) is 30.3 Å². The van der Waals surface area contributed by atoms with E-state index in [0.29, 0.717) is 11.6 Å². The summed E-state index contributed by atoms with van der Waals surface area (Å²) in [5.41, 5.74) is 1.56. The van der Waals surface area contributed by atoms with Gasteiger partial charge in [-0.15, -0.1) is 11.3 Å². The number of hydrogen-bond acceptors (Lipinski definition) is 5. The third kappa shape index (κ3) is 2.89. The number of benzene rings is 1. The van der Waals surface area contributed by atoms with E-state index < -0.39 is 0 Å². The van der Waals surface area contributed by atoms with Crippen molar-refractivity contribution in [1.82, 2.24) is 20.2 Å². The van der Waals surface area contributed by atoms with Gasteiger partial charge < -0.3 is 0 Å². The molecule has 0 spiro atoms. The average molecular weight is 285 g/mol. The van der Waals surface area contributed by atoms with Crippen LogP contribution >= 0.6 is 11.3 Å². The van der Waals surface area contributed by atoms with E-state index in [0.717, 1.165) is 11.4 Å². The largest absolute Gasteiger partial charge is 0.289 e. The molecule has 0 fully saturated rings. The second-order valence-corrected chi connectivity index (χ2v) is 5.02. The molecule has 0 radical (unpaired) electrons. The topological polar surface area (TPSA) is 83.6 Å². The molecule has 7 heteroatoms. The van der Waals surface area contributed by atoms with Gasteiger partial charge in [-0.25, -0.2) is 10.1 Å². The van der Waals surface area contributed by atoms with Crippen molar-refractivity contribution in [1.29, 1.82) is 0 Å². The zero-order valence-corrected chi connectivity index (χ0v) is 11.2. The number of nitrogens with one attached hydrogen (secondary N) is 2. The fourth-order valence-corrected chi connectivity index (χ4v) is 2.51. The predicted octanol–water partition coefficient (Wildman–Crippen LogP) is 2.10. The Morgan fingerprint density at radius 1 is 1.30 bits per heavy atom. The Bertz CT molecular complexity index is 693. The van der Waals surface area contributed by atoms with Crippen LogP contribution in [0.15, 0.2) is 42.0 Å². The highest BCUT2D eigenvalue weighted by Crippen LogP contribution is 2.15. The van der Waals surface area contributed by atoms with Gasteiger partial charge in [0.1, 0.15) is 12.0 Å². The van der Waals surface area contributed by atoms with E-state index in [1.54, 1.807) is 5.38 Å². The predicted molar refractivity (Wildman–Crippen MR) is 75.7 cm³/mol. The SMILES string of the molecule is O=C(Nc1ncn[nH]1)c1csc(Cc2ccccc2)n1. The second-order valence-electron chi connectivity index (χ2n) is 4.08. The van der Waals surface area contributed by atoms with Crippen molar-refractivity contribution >= 4 is 23.2 Å². The number of carbonyl (C=O) groups is 1. The minimum atomic E-state index is -0.294. The molecular weight excluding hydrogens is 274 g/mol. The Kier molecular flexibility index (Phi) is 3.51. The molecule has 0 bridgehead atoms. The van der Waals surface area contributed by atoms with Gasteiger partial charge in [0.25, 0.3) is 5.91 Å². The first kappa shape index (κ1) is 12.5. The van der Waals surface area contributed by atoms with Crippen LogP contribution in [0.2, 0.25) is 0 Å². The summed E-state index contributed by atoms with van der Waals surface area (Å²) in [4.78, 5) is 20.1. The fraction of sp³-hybridized carbons (Fsp3) is 0.0769. The molecule has 0 aliphatic rings. The summed E-state index contributed by atoms with van der Waals surface area (Å²) < 4.78 is 0. The van der Waals surface area contributed by atoms with E-state index in [-0.39, 0.29) is 5.91 Å². The highest BCUT2D eigenvalue weighted by Gasteiger charge is 2.12. The number of hydrogen-bond donors (Lipinski definition) is 2. The molecule has 3 aromatic rings. The molecule has 2 N–H and O–H groups in total. The number of H-pyrrole nitrogens is 1. The van der Waals surface area contributed by atoms with Crippen LogP contribution in [0.4, 0.5) is 5.95 Å². The number of carbonyl (C=O) groups excluding carboxylic acids is 1. The van der Waals surface area contributed by atoms with Crippen molar-refractivity contribution < 1.29 is 4.79 Å². The third-order valence-corrected chi connectivity index (χ3v) is 3.48. The molecule has 6 nitrogen and oxygen atoms in total. The quantitative estimate of drug-likeness (QED) is 0.769. The minimum absolute atomic E-state index is 0.294. The van der Waals surface area contributed by atoms with Gasteiger partial charge in [0.05, 0.1) is 5.01 Å². The van der Waals surface area contributed by atoms with E-state index in [2.05, 4.69) is 25.5 Å². The zero-order chi connectivity index (χ0) is 13.8. The lowest BCUT2D eigenvalue weighted by Crippen LogP contribution is -2.13. The number of aromatic amines is 1. The Morgan fingerprint density at radius 2 is 2.15 bits per heavy atom. The van der Waals surface area contributed by atoms with Crippen molar-refractivity contribution in [3.05, 3.63) is 58.3 Å². The number of amides is 1. The van der Waals surface area contributed by atoms with E-state index in [4.69, 9.17) is 0 Å². The fourth-order valence-electron chi connectivity index (χ4n) is 1.70. The number of thiazole rings is 1. The number of rotatable bonds is 4. The van der Waals surface area contributed by atoms with Crippen LogP contribution in [0, 0.1) is 0 Å². The second kappa shape index (κ2) is 5.62. The van der Waals surface area contributed by atoms with Crippen molar-refractivity contribution in [3.63, 3.8) is 0 Å². The van der Waals surface area contributed by atoms with Gasteiger partial charge in [-0.3, -0.25) is 10.1 Å².